The summed E-state index contributed by atoms with van der Waals surface area (Å²) in [6.45, 7) is 2.93. The lowest BCUT2D eigenvalue weighted by atomic mass is 10.0. The molecule has 2 aliphatic heterocycles. The van der Waals surface area contributed by atoms with Gasteiger partial charge in [0.1, 0.15) is 11.8 Å². The number of carbonyl (C=O) groups excluding carboxylic acids is 5. The lowest BCUT2D eigenvalue weighted by Gasteiger charge is -2.38. The molecule has 10 heteroatoms. The van der Waals surface area contributed by atoms with E-state index in [0.29, 0.717) is 5.56 Å². The van der Waals surface area contributed by atoms with Crippen LogP contribution >= 0.6 is 0 Å². The van der Waals surface area contributed by atoms with Crippen LogP contribution in [-0.4, -0.2) is 83.3 Å². The highest BCUT2D eigenvalue weighted by atomic mass is 16.7. The van der Waals surface area contributed by atoms with Crippen LogP contribution in [0.25, 0.3) is 0 Å². The molecule has 0 radical (unpaired) electrons. The van der Waals surface area contributed by atoms with Gasteiger partial charge in [0.05, 0.1) is 17.7 Å². The Kier molecular flexibility index (Phi) is 8.09. The topological polar surface area (TPSA) is 114 Å². The van der Waals surface area contributed by atoms with E-state index in [-0.39, 0.29) is 67.9 Å². The first-order valence-electron chi connectivity index (χ1n) is 13.4. The van der Waals surface area contributed by atoms with Gasteiger partial charge in [-0.3, -0.25) is 24.1 Å². The number of benzene rings is 3. The molecular weight excluding hydrogens is 526 g/mol. The third-order valence-electron chi connectivity index (χ3n) is 7.14. The number of nitrogens with zero attached hydrogens (tertiary/aromatic N) is 3. The number of fused-ring (bicyclic) bond motifs is 1. The van der Waals surface area contributed by atoms with E-state index in [1.54, 1.807) is 53.1 Å². The molecule has 0 spiro atoms. The van der Waals surface area contributed by atoms with E-state index in [4.69, 9.17) is 9.47 Å². The number of hydrogen-bond donors (Lipinski definition) is 0. The minimum atomic E-state index is -1.01. The number of amides is 4. The fraction of sp³-hybridized carbons (Fsp3) is 0.258. The minimum absolute atomic E-state index is 0.185. The molecule has 1 atom stereocenters. The van der Waals surface area contributed by atoms with Crippen LogP contribution in [0, 0.1) is 0 Å². The van der Waals surface area contributed by atoms with Crippen molar-refractivity contribution in [1.82, 2.24) is 14.7 Å². The number of imide groups is 1. The highest BCUT2D eigenvalue weighted by Crippen LogP contribution is 2.27. The monoisotopic (exact) mass is 555 g/mol. The second kappa shape index (κ2) is 12.0. The first kappa shape index (κ1) is 27.6. The van der Waals surface area contributed by atoms with Crippen LogP contribution in [0.5, 0.6) is 5.75 Å². The molecule has 1 saturated heterocycles. The number of carbonyl (C=O) groups is 5. The normalized spacial score (nSPS) is 15.4. The fourth-order valence-corrected chi connectivity index (χ4v) is 5.05. The summed E-state index contributed by atoms with van der Waals surface area (Å²) >= 11 is 0. The lowest BCUT2D eigenvalue weighted by Crippen LogP contribution is -2.57. The van der Waals surface area contributed by atoms with Gasteiger partial charge in [0.15, 0.2) is 0 Å². The molecule has 0 aliphatic carbocycles. The average molecular weight is 556 g/mol. The molecule has 0 aromatic heterocycles. The van der Waals surface area contributed by atoms with Gasteiger partial charge in [0.2, 0.25) is 5.91 Å². The van der Waals surface area contributed by atoms with Crippen LogP contribution in [-0.2, 0) is 16.0 Å². The molecule has 2 aliphatic rings. The summed E-state index contributed by atoms with van der Waals surface area (Å²) < 4.78 is 9.79. The van der Waals surface area contributed by atoms with Gasteiger partial charge in [0.25, 0.3) is 17.7 Å². The molecule has 0 bridgehead atoms. The van der Waals surface area contributed by atoms with Crippen LogP contribution in [0.4, 0.5) is 4.79 Å². The van der Waals surface area contributed by atoms with Crippen LogP contribution in [0.3, 0.4) is 0 Å². The van der Waals surface area contributed by atoms with Crippen molar-refractivity contribution in [2.75, 3.05) is 32.8 Å². The predicted octanol–water partition coefficient (Wildman–Crippen LogP) is 3.41. The molecule has 4 amide bonds. The van der Waals surface area contributed by atoms with Gasteiger partial charge in [-0.1, -0.05) is 42.5 Å². The van der Waals surface area contributed by atoms with Crippen molar-refractivity contribution in [1.29, 1.82) is 0 Å². The van der Waals surface area contributed by atoms with Crippen molar-refractivity contribution in [3.05, 3.63) is 101 Å². The largest absolute Gasteiger partial charge is 0.513 e. The second-order valence-corrected chi connectivity index (χ2v) is 9.66. The highest BCUT2D eigenvalue weighted by molar-refractivity contribution is 6.22. The SMILES string of the molecule is CCOC(=O)Oc1ccc(C(=O)N2CCN(C(=O)C(Cc3ccccc3)N3C(=O)c4ccccc4C3=O)CC2)cc1. The Morgan fingerprint density at radius 3 is 1.90 bits per heavy atom. The van der Waals surface area contributed by atoms with Crippen molar-refractivity contribution in [2.45, 2.75) is 19.4 Å². The maximum Gasteiger partial charge on any atom is 0.513 e. The van der Waals surface area contributed by atoms with Crippen molar-refractivity contribution < 1.29 is 33.4 Å². The Hall–Kier alpha value is -4.99. The van der Waals surface area contributed by atoms with Gasteiger partial charge in [0, 0.05) is 38.2 Å². The molecule has 0 saturated carbocycles. The fourth-order valence-electron chi connectivity index (χ4n) is 5.05. The van der Waals surface area contributed by atoms with Crippen molar-refractivity contribution in [2.24, 2.45) is 0 Å². The number of hydrogen-bond acceptors (Lipinski definition) is 7. The maximum absolute atomic E-state index is 13.9. The van der Waals surface area contributed by atoms with E-state index < -0.39 is 24.0 Å². The van der Waals surface area contributed by atoms with Gasteiger partial charge >= 0.3 is 6.16 Å². The van der Waals surface area contributed by atoms with Gasteiger partial charge in [-0.2, -0.15) is 0 Å². The summed E-state index contributed by atoms with van der Waals surface area (Å²) in [6.07, 6.45) is -0.635. The summed E-state index contributed by atoms with van der Waals surface area (Å²) in [7, 11) is 0. The first-order valence-corrected chi connectivity index (χ1v) is 13.4. The van der Waals surface area contributed by atoms with Gasteiger partial charge in [-0.25, -0.2) is 4.79 Å². The molecule has 0 N–H and O–H groups in total. The summed E-state index contributed by atoms with van der Waals surface area (Å²) in [6, 6.07) is 21.0. The number of rotatable bonds is 7. The number of ether oxygens (including phenoxy) is 2. The molecular formula is C31H29N3O7. The summed E-state index contributed by atoms with van der Waals surface area (Å²) in [5, 5.41) is 0. The molecule has 1 unspecified atom stereocenters. The van der Waals surface area contributed by atoms with Crippen LogP contribution in [0.1, 0.15) is 43.6 Å². The third-order valence-corrected chi connectivity index (χ3v) is 7.14. The Balaban J connectivity index is 1.27. The van der Waals surface area contributed by atoms with Gasteiger partial charge < -0.3 is 19.3 Å². The van der Waals surface area contributed by atoms with E-state index in [2.05, 4.69) is 0 Å². The molecule has 10 nitrogen and oxygen atoms in total. The standard InChI is InChI=1S/C31H29N3O7/c1-2-40-31(39)41-23-14-12-22(13-15-23)27(35)32-16-18-33(19-17-32)30(38)26(20-21-8-4-3-5-9-21)34-28(36)24-10-6-7-11-25(24)29(34)37/h3-15,26H,2,16-20H2,1H3. The van der Waals surface area contributed by atoms with E-state index in [9.17, 15) is 24.0 Å². The van der Waals surface area contributed by atoms with Crippen LogP contribution in [0.2, 0.25) is 0 Å². The molecule has 41 heavy (non-hydrogen) atoms. The van der Waals surface area contributed by atoms with E-state index in [1.807, 2.05) is 30.3 Å². The quantitative estimate of drug-likeness (QED) is 0.249. The van der Waals surface area contributed by atoms with Gasteiger partial charge in [-0.05, 0) is 48.9 Å². The maximum atomic E-state index is 13.9. The zero-order valence-electron chi connectivity index (χ0n) is 22.5. The average Bonchev–Trinajstić information content (AvgIpc) is 3.25. The summed E-state index contributed by atoms with van der Waals surface area (Å²) in [4.78, 5) is 69.4. The summed E-state index contributed by atoms with van der Waals surface area (Å²) in [5.41, 5.74) is 1.82. The Morgan fingerprint density at radius 2 is 1.32 bits per heavy atom. The van der Waals surface area contributed by atoms with Gasteiger partial charge in [-0.15, -0.1) is 0 Å². The molecule has 5 rings (SSSR count). The Labute approximate surface area is 237 Å². The predicted molar refractivity (Wildman–Crippen MR) is 147 cm³/mol. The molecule has 3 aromatic carbocycles. The van der Waals surface area contributed by atoms with E-state index in [0.717, 1.165) is 10.5 Å². The summed E-state index contributed by atoms with van der Waals surface area (Å²) in [5.74, 6) is -1.27. The molecule has 210 valence electrons. The zero-order chi connectivity index (χ0) is 28.9. The lowest BCUT2D eigenvalue weighted by molar-refractivity contribution is -0.137. The minimum Gasteiger partial charge on any atom is -0.434 e. The Bertz CT molecular complexity index is 1430. The second-order valence-electron chi connectivity index (χ2n) is 9.66. The van der Waals surface area contributed by atoms with E-state index >= 15 is 0 Å². The van der Waals surface area contributed by atoms with Crippen molar-refractivity contribution in [3.63, 3.8) is 0 Å². The van der Waals surface area contributed by atoms with Crippen molar-refractivity contribution in [3.8, 4) is 5.75 Å². The molecule has 2 heterocycles. The van der Waals surface area contributed by atoms with E-state index in [1.165, 1.54) is 12.1 Å². The molecule has 1 fully saturated rings. The third kappa shape index (κ3) is 5.81. The zero-order valence-corrected chi connectivity index (χ0v) is 22.5. The number of piperazine rings is 1. The van der Waals surface area contributed by atoms with Crippen LogP contribution < -0.4 is 4.74 Å². The van der Waals surface area contributed by atoms with Crippen molar-refractivity contribution >= 4 is 29.8 Å². The Morgan fingerprint density at radius 1 is 0.756 bits per heavy atom. The van der Waals surface area contributed by atoms with Crippen LogP contribution in [0.15, 0.2) is 78.9 Å². The smallest absolute Gasteiger partial charge is 0.434 e. The molecule has 3 aromatic rings. The highest BCUT2D eigenvalue weighted by Gasteiger charge is 2.44. The first-order chi connectivity index (χ1) is 19.9.